The number of hydrogen-bond donors (Lipinski definition) is 2. The van der Waals surface area contributed by atoms with Gasteiger partial charge in [-0.15, -0.1) is 11.8 Å². The first-order valence-corrected chi connectivity index (χ1v) is 9.10. The van der Waals surface area contributed by atoms with Crippen LogP contribution in [-0.2, 0) is 4.79 Å². The first-order chi connectivity index (χ1) is 9.97. The molecule has 1 aromatic heterocycles. The number of carbonyl (C=O) groups excluding carboxylic acids is 1. The zero-order valence-electron chi connectivity index (χ0n) is 10.6. The Labute approximate surface area is 151 Å². The average molecular weight is 496 g/mol. The van der Waals surface area contributed by atoms with Crippen molar-refractivity contribution in [1.82, 2.24) is 4.98 Å². The maximum atomic E-state index is 12.0. The van der Waals surface area contributed by atoms with E-state index < -0.39 is 0 Å². The van der Waals surface area contributed by atoms with E-state index in [4.69, 9.17) is 5.73 Å². The van der Waals surface area contributed by atoms with Crippen LogP contribution < -0.4 is 11.1 Å². The second-order valence-electron chi connectivity index (χ2n) is 3.99. The Morgan fingerprint density at radius 3 is 2.57 bits per heavy atom. The summed E-state index contributed by atoms with van der Waals surface area (Å²) in [5.41, 5.74) is 7.06. The van der Waals surface area contributed by atoms with E-state index >= 15 is 0 Å². The summed E-state index contributed by atoms with van der Waals surface area (Å²) in [5, 5.41) is 2.86. The Hall–Kier alpha value is -0.570. The van der Waals surface area contributed by atoms with Crippen molar-refractivity contribution in [3.8, 4) is 0 Å². The Morgan fingerprint density at radius 2 is 1.95 bits per heavy atom. The third-order valence-electron chi connectivity index (χ3n) is 2.44. The van der Waals surface area contributed by atoms with E-state index in [-0.39, 0.29) is 11.7 Å². The molecule has 110 valence electrons. The van der Waals surface area contributed by atoms with E-state index in [0.29, 0.717) is 11.4 Å². The van der Waals surface area contributed by atoms with E-state index in [1.165, 1.54) is 11.8 Å². The highest BCUT2D eigenvalue weighted by molar-refractivity contribution is 9.11. The lowest BCUT2D eigenvalue weighted by molar-refractivity contribution is -0.113. The number of nitrogen functional groups attached to an aromatic ring is 1. The Morgan fingerprint density at radius 1 is 1.29 bits per heavy atom. The van der Waals surface area contributed by atoms with Crippen LogP contribution in [0.15, 0.2) is 48.9 Å². The summed E-state index contributed by atoms with van der Waals surface area (Å²) >= 11 is 11.6. The number of nitrogens with one attached hydrogen (secondary N) is 1. The Bertz CT molecular complexity index is 658. The molecule has 0 aliphatic rings. The minimum absolute atomic E-state index is 0.111. The van der Waals surface area contributed by atoms with Crippen LogP contribution in [0.4, 0.5) is 11.4 Å². The molecule has 0 aliphatic carbocycles. The maximum absolute atomic E-state index is 12.0. The van der Waals surface area contributed by atoms with Gasteiger partial charge in [0.1, 0.15) is 0 Å². The Kier molecular flexibility index (Phi) is 6.09. The first-order valence-electron chi connectivity index (χ1n) is 5.74. The molecular formula is C13H10Br3N3OS. The fourth-order valence-electron chi connectivity index (χ4n) is 1.51. The topological polar surface area (TPSA) is 68.0 Å². The highest BCUT2D eigenvalue weighted by Gasteiger charge is 2.11. The molecule has 0 bridgehead atoms. The summed E-state index contributed by atoms with van der Waals surface area (Å²) in [4.78, 5) is 16.8. The lowest BCUT2D eigenvalue weighted by Crippen LogP contribution is -2.15. The van der Waals surface area contributed by atoms with Crippen molar-refractivity contribution in [2.24, 2.45) is 0 Å². The molecule has 0 saturated carbocycles. The minimum Gasteiger partial charge on any atom is -0.397 e. The quantitative estimate of drug-likeness (QED) is 0.604. The van der Waals surface area contributed by atoms with Crippen LogP contribution in [0.5, 0.6) is 0 Å². The van der Waals surface area contributed by atoms with Gasteiger partial charge in [-0.2, -0.15) is 0 Å². The molecule has 21 heavy (non-hydrogen) atoms. The van der Waals surface area contributed by atoms with Crippen LogP contribution in [0.25, 0.3) is 0 Å². The normalized spacial score (nSPS) is 10.4. The SMILES string of the molecule is Nc1cnccc1SCC(=O)Nc1c(Br)cc(Br)cc1Br. The smallest absolute Gasteiger partial charge is 0.234 e. The lowest BCUT2D eigenvalue weighted by Gasteiger charge is -2.10. The number of hydrogen-bond acceptors (Lipinski definition) is 4. The molecule has 4 nitrogen and oxygen atoms in total. The summed E-state index contributed by atoms with van der Waals surface area (Å²) in [7, 11) is 0. The van der Waals surface area contributed by atoms with Crippen molar-refractivity contribution in [2.45, 2.75) is 4.90 Å². The number of aromatic nitrogens is 1. The van der Waals surface area contributed by atoms with E-state index in [2.05, 4.69) is 58.1 Å². The van der Waals surface area contributed by atoms with Gasteiger partial charge in [-0.1, -0.05) is 15.9 Å². The molecule has 0 spiro atoms. The van der Waals surface area contributed by atoms with Crippen LogP contribution in [0.2, 0.25) is 0 Å². The third kappa shape index (κ3) is 4.70. The van der Waals surface area contributed by atoms with Gasteiger partial charge in [0, 0.05) is 24.5 Å². The molecule has 0 radical (unpaired) electrons. The predicted octanol–water partition coefficient (Wildman–Crippen LogP) is 4.68. The standard InChI is InChI=1S/C13H10Br3N3OS/c14-7-3-8(15)13(9(16)4-7)19-12(20)6-21-11-1-2-18-5-10(11)17/h1-5H,6,17H2,(H,19,20). The Balaban J connectivity index is 2.01. The van der Waals surface area contributed by atoms with Crippen LogP contribution in [0.1, 0.15) is 0 Å². The third-order valence-corrected chi connectivity index (χ3v) is 5.24. The van der Waals surface area contributed by atoms with Crippen LogP contribution in [0, 0.1) is 0 Å². The molecule has 0 aliphatic heterocycles. The van der Waals surface area contributed by atoms with Crippen molar-refractivity contribution < 1.29 is 4.79 Å². The number of carbonyl (C=O) groups is 1. The van der Waals surface area contributed by atoms with Gasteiger partial charge >= 0.3 is 0 Å². The van der Waals surface area contributed by atoms with Gasteiger partial charge in [-0.25, -0.2) is 0 Å². The van der Waals surface area contributed by atoms with Crippen LogP contribution >= 0.6 is 59.6 Å². The molecule has 3 N–H and O–H groups in total. The molecule has 1 aromatic carbocycles. The highest BCUT2D eigenvalue weighted by Crippen LogP contribution is 2.34. The molecule has 8 heteroatoms. The van der Waals surface area contributed by atoms with Crippen molar-refractivity contribution in [3.63, 3.8) is 0 Å². The number of benzene rings is 1. The van der Waals surface area contributed by atoms with Gasteiger partial charge in [-0.3, -0.25) is 9.78 Å². The monoisotopic (exact) mass is 493 g/mol. The summed E-state index contributed by atoms with van der Waals surface area (Å²) in [6.45, 7) is 0. The summed E-state index contributed by atoms with van der Waals surface area (Å²) in [5.74, 6) is 0.156. The zero-order chi connectivity index (χ0) is 15.4. The first kappa shape index (κ1) is 16.8. The predicted molar refractivity (Wildman–Crippen MR) is 97.5 cm³/mol. The van der Waals surface area contributed by atoms with E-state index in [1.54, 1.807) is 18.5 Å². The maximum Gasteiger partial charge on any atom is 0.234 e. The number of thioether (sulfide) groups is 1. The largest absolute Gasteiger partial charge is 0.397 e. The lowest BCUT2D eigenvalue weighted by atomic mass is 10.3. The van der Waals surface area contributed by atoms with Gasteiger partial charge in [-0.05, 0) is 50.1 Å². The van der Waals surface area contributed by atoms with Crippen LogP contribution in [-0.4, -0.2) is 16.6 Å². The van der Waals surface area contributed by atoms with Gasteiger partial charge < -0.3 is 11.1 Å². The van der Waals surface area contributed by atoms with Gasteiger partial charge in [0.2, 0.25) is 5.91 Å². The van der Waals surface area contributed by atoms with Gasteiger partial charge in [0.15, 0.2) is 0 Å². The molecule has 2 rings (SSSR count). The number of amides is 1. The van der Waals surface area contributed by atoms with Crippen molar-refractivity contribution >= 4 is 76.8 Å². The van der Waals surface area contributed by atoms with Gasteiger partial charge in [0.05, 0.1) is 23.3 Å². The number of pyridine rings is 1. The van der Waals surface area contributed by atoms with Crippen LogP contribution in [0.3, 0.4) is 0 Å². The zero-order valence-corrected chi connectivity index (χ0v) is 16.1. The summed E-state index contributed by atoms with van der Waals surface area (Å²) in [6, 6.07) is 5.53. The molecule has 0 unspecified atom stereocenters. The molecule has 1 amide bonds. The molecule has 0 atom stereocenters. The second kappa shape index (κ2) is 7.62. The number of nitrogens with two attached hydrogens (primary N) is 1. The fraction of sp³-hybridized carbons (Fsp3) is 0.0769. The van der Waals surface area contributed by atoms with Crippen molar-refractivity contribution in [3.05, 3.63) is 44.0 Å². The molecule has 0 saturated heterocycles. The minimum atomic E-state index is -0.111. The second-order valence-corrected chi connectivity index (χ2v) is 7.64. The summed E-state index contributed by atoms with van der Waals surface area (Å²) in [6.07, 6.45) is 3.22. The molecule has 1 heterocycles. The molecule has 0 fully saturated rings. The fourth-order valence-corrected chi connectivity index (χ4v) is 4.70. The number of nitrogens with zero attached hydrogens (tertiary/aromatic N) is 1. The van der Waals surface area contributed by atoms with Gasteiger partial charge in [0.25, 0.3) is 0 Å². The van der Waals surface area contributed by atoms with Crippen molar-refractivity contribution in [1.29, 1.82) is 0 Å². The van der Waals surface area contributed by atoms with E-state index in [9.17, 15) is 4.79 Å². The molecule has 2 aromatic rings. The van der Waals surface area contributed by atoms with E-state index in [1.807, 2.05) is 12.1 Å². The van der Waals surface area contributed by atoms with Crippen molar-refractivity contribution in [2.75, 3.05) is 16.8 Å². The van der Waals surface area contributed by atoms with E-state index in [0.717, 1.165) is 18.3 Å². The average Bonchev–Trinajstić information content (AvgIpc) is 2.42. The molecular weight excluding hydrogens is 486 g/mol. The number of halogens is 3. The highest BCUT2D eigenvalue weighted by atomic mass is 79.9. The summed E-state index contributed by atoms with van der Waals surface area (Å²) < 4.78 is 2.51. The number of rotatable bonds is 4. The number of anilines is 2.